The molecule has 2 aromatic carbocycles. The maximum Gasteiger partial charge on any atom is 0.224 e. The van der Waals surface area contributed by atoms with Crippen molar-refractivity contribution in [2.24, 2.45) is 0 Å². The summed E-state index contributed by atoms with van der Waals surface area (Å²) in [6.07, 6.45) is -0.418. The molecule has 110 valence electrons. The molecule has 0 aromatic heterocycles. The van der Waals surface area contributed by atoms with E-state index in [9.17, 15) is 9.90 Å². The first-order valence-electron chi connectivity index (χ1n) is 6.80. The Morgan fingerprint density at radius 2 is 1.95 bits per heavy atom. The fraction of sp³-hybridized carbons (Fsp3) is 0.235. The van der Waals surface area contributed by atoms with Crippen LogP contribution < -0.4 is 5.32 Å². The molecule has 0 saturated heterocycles. The summed E-state index contributed by atoms with van der Waals surface area (Å²) in [5.41, 5.74) is 2.82. The van der Waals surface area contributed by atoms with Crippen molar-refractivity contribution >= 4 is 17.5 Å². The van der Waals surface area contributed by atoms with Crippen LogP contribution in [0.2, 0.25) is 5.02 Å². The monoisotopic (exact) mass is 303 g/mol. The first kappa shape index (κ1) is 15.5. The number of hydrogen-bond acceptors (Lipinski definition) is 2. The highest BCUT2D eigenvalue weighted by molar-refractivity contribution is 6.30. The molecule has 0 aliphatic heterocycles. The van der Waals surface area contributed by atoms with Gasteiger partial charge in [0, 0.05) is 11.6 Å². The molecule has 0 bridgehead atoms. The van der Waals surface area contributed by atoms with E-state index in [1.807, 2.05) is 31.2 Å². The first-order chi connectivity index (χ1) is 10.0. The Balaban J connectivity index is 1.84. The van der Waals surface area contributed by atoms with E-state index in [1.54, 1.807) is 24.3 Å². The molecule has 1 unspecified atom stereocenters. The van der Waals surface area contributed by atoms with Gasteiger partial charge in [-0.05, 0) is 30.2 Å². The van der Waals surface area contributed by atoms with Gasteiger partial charge in [-0.2, -0.15) is 0 Å². The lowest BCUT2D eigenvalue weighted by molar-refractivity contribution is -0.120. The second-order valence-electron chi connectivity index (χ2n) is 5.04. The van der Waals surface area contributed by atoms with Crippen molar-refractivity contribution in [2.75, 3.05) is 6.54 Å². The summed E-state index contributed by atoms with van der Waals surface area (Å²) in [6, 6.07) is 14.8. The van der Waals surface area contributed by atoms with Gasteiger partial charge in [0.15, 0.2) is 0 Å². The number of aliphatic hydroxyl groups excluding tert-OH is 1. The number of nitrogens with one attached hydrogen (secondary N) is 1. The fourth-order valence-corrected chi connectivity index (χ4v) is 2.21. The number of hydrogen-bond donors (Lipinski definition) is 2. The molecule has 0 fully saturated rings. The molecule has 2 rings (SSSR count). The van der Waals surface area contributed by atoms with Gasteiger partial charge in [0.2, 0.25) is 5.91 Å². The Bertz CT molecular complexity index is 610. The van der Waals surface area contributed by atoms with Crippen LogP contribution in [0.25, 0.3) is 0 Å². The van der Waals surface area contributed by atoms with Crippen LogP contribution in [0.5, 0.6) is 0 Å². The molecule has 0 heterocycles. The van der Waals surface area contributed by atoms with Crippen LogP contribution in [0.15, 0.2) is 48.5 Å². The van der Waals surface area contributed by atoms with E-state index < -0.39 is 6.10 Å². The number of benzene rings is 2. The van der Waals surface area contributed by atoms with Gasteiger partial charge in [-0.15, -0.1) is 0 Å². The zero-order valence-corrected chi connectivity index (χ0v) is 12.6. The summed E-state index contributed by atoms with van der Waals surface area (Å²) in [5.74, 6) is -0.103. The predicted octanol–water partition coefficient (Wildman–Crippen LogP) is 3.04. The van der Waals surface area contributed by atoms with Crippen molar-refractivity contribution in [1.82, 2.24) is 5.32 Å². The van der Waals surface area contributed by atoms with Gasteiger partial charge in [0.1, 0.15) is 0 Å². The summed E-state index contributed by atoms with van der Waals surface area (Å²) in [7, 11) is 0. The number of halogens is 1. The minimum absolute atomic E-state index is 0.103. The standard InChI is InChI=1S/C17H18ClNO2/c1-12-3-2-4-13(9-12)10-17(21)19-11-16(20)14-5-7-15(18)8-6-14/h2-9,16,20H,10-11H2,1H3,(H,19,21). The van der Waals surface area contributed by atoms with Crippen LogP contribution >= 0.6 is 11.6 Å². The molecule has 4 heteroatoms. The molecule has 1 amide bonds. The molecule has 2 aromatic rings. The first-order valence-corrected chi connectivity index (χ1v) is 7.18. The smallest absolute Gasteiger partial charge is 0.224 e. The molecular weight excluding hydrogens is 286 g/mol. The number of carbonyl (C=O) groups excluding carboxylic acids is 1. The van der Waals surface area contributed by atoms with E-state index in [0.717, 1.165) is 16.7 Å². The van der Waals surface area contributed by atoms with Crippen LogP contribution in [0.1, 0.15) is 22.8 Å². The molecule has 0 aliphatic carbocycles. The Kier molecular flexibility index (Phi) is 5.37. The van der Waals surface area contributed by atoms with Gasteiger partial charge in [-0.3, -0.25) is 4.79 Å². The van der Waals surface area contributed by atoms with Crippen molar-refractivity contribution < 1.29 is 9.90 Å². The summed E-state index contributed by atoms with van der Waals surface area (Å²) in [6.45, 7) is 2.18. The number of rotatable bonds is 5. The van der Waals surface area contributed by atoms with E-state index in [0.29, 0.717) is 11.4 Å². The van der Waals surface area contributed by atoms with Crippen molar-refractivity contribution in [3.8, 4) is 0 Å². The van der Waals surface area contributed by atoms with Crippen LogP contribution in [0, 0.1) is 6.92 Å². The highest BCUT2D eigenvalue weighted by Crippen LogP contribution is 2.15. The van der Waals surface area contributed by atoms with Gasteiger partial charge < -0.3 is 10.4 Å². The zero-order valence-electron chi connectivity index (χ0n) is 11.8. The molecule has 2 N–H and O–H groups in total. The quantitative estimate of drug-likeness (QED) is 0.892. The molecule has 21 heavy (non-hydrogen) atoms. The number of aliphatic hydroxyl groups is 1. The van der Waals surface area contributed by atoms with E-state index in [2.05, 4.69) is 5.32 Å². The van der Waals surface area contributed by atoms with Gasteiger partial charge in [-0.25, -0.2) is 0 Å². The van der Waals surface area contributed by atoms with E-state index in [-0.39, 0.29) is 12.5 Å². The Hall–Kier alpha value is -1.84. The second kappa shape index (κ2) is 7.25. The number of amides is 1. The van der Waals surface area contributed by atoms with Crippen molar-refractivity contribution in [3.05, 3.63) is 70.2 Å². The van der Waals surface area contributed by atoms with Crippen LogP contribution in [0.3, 0.4) is 0 Å². The average Bonchev–Trinajstić information content (AvgIpc) is 2.45. The summed E-state index contributed by atoms with van der Waals surface area (Å²) < 4.78 is 0. The summed E-state index contributed by atoms with van der Waals surface area (Å²) >= 11 is 5.80. The average molecular weight is 304 g/mol. The van der Waals surface area contributed by atoms with E-state index in [1.165, 1.54) is 0 Å². The lowest BCUT2D eigenvalue weighted by Crippen LogP contribution is -2.29. The maximum atomic E-state index is 11.9. The largest absolute Gasteiger partial charge is 0.387 e. The number of carbonyl (C=O) groups is 1. The highest BCUT2D eigenvalue weighted by Gasteiger charge is 2.10. The third-order valence-electron chi connectivity index (χ3n) is 3.19. The topological polar surface area (TPSA) is 49.3 Å². The van der Waals surface area contributed by atoms with Gasteiger partial charge in [0.05, 0.1) is 12.5 Å². The lowest BCUT2D eigenvalue weighted by Gasteiger charge is -2.12. The molecule has 0 aliphatic rings. The Morgan fingerprint density at radius 1 is 1.24 bits per heavy atom. The molecule has 1 atom stereocenters. The van der Waals surface area contributed by atoms with Gasteiger partial charge in [-0.1, -0.05) is 53.6 Å². The summed E-state index contributed by atoms with van der Waals surface area (Å²) in [5, 5.41) is 13.4. The van der Waals surface area contributed by atoms with E-state index in [4.69, 9.17) is 11.6 Å². The molecule has 0 radical (unpaired) electrons. The zero-order chi connectivity index (χ0) is 15.2. The minimum atomic E-state index is -0.733. The third kappa shape index (κ3) is 4.88. The summed E-state index contributed by atoms with van der Waals surface area (Å²) in [4.78, 5) is 11.9. The van der Waals surface area contributed by atoms with Gasteiger partial charge >= 0.3 is 0 Å². The lowest BCUT2D eigenvalue weighted by atomic mass is 10.1. The predicted molar refractivity (Wildman–Crippen MR) is 84.3 cm³/mol. The SMILES string of the molecule is Cc1cccc(CC(=O)NCC(O)c2ccc(Cl)cc2)c1. The van der Waals surface area contributed by atoms with Crippen molar-refractivity contribution in [3.63, 3.8) is 0 Å². The van der Waals surface area contributed by atoms with Crippen LogP contribution in [0.4, 0.5) is 0 Å². The Morgan fingerprint density at radius 3 is 2.62 bits per heavy atom. The van der Waals surface area contributed by atoms with Crippen LogP contribution in [-0.2, 0) is 11.2 Å². The molecule has 0 saturated carbocycles. The molecule has 3 nitrogen and oxygen atoms in total. The molecule has 0 spiro atoms. The van der Waals surface area contributed by atoms with Crippen molar-refractivity contribution in [2.45, 2.75) is 19.4 Å². The minimum Gasteiger partial charge on any atom is -0.387 e. The van der Waals surface area contributed by atoms with Crippen LogP contribution in [-0.4, -0.2) is 17.6 Å². The highest BCUT2D eigenvalue weighted by atomic mass is 35.5. The second-order valence-corrected chi connectivity index (χ2v) is 5.47. The van der Waals surface area contributed by atoms with E-state index >= 15 is 0 Å². The third-order valence-corrected chi connectivity index (χ3v) is 3.45. The fourth-order valence-electron chi connectivity index (χ4n) is 2.08. The van der Waals surface area contributed by atoms with Gasteiger partial charge in [0.25, 0.3) is 0 Å². The van der Waals surface area contributed by atoms with Crippen molar-refractivity contribution in [1.29, 1.82) is 0 Å². The maximum absolute atomic E-state index is 11.9. The normalized spacial score (nSPS) is 12.0. The number of aryl methyl sites for hydroxylation is 1. The molecular formula is C17H18ClNO2. The Labute approximate surface area is 129 Å².